The van der Waals surface area contributed by atoms with E-state index >= 15 is 0 Å². The zero-order valence-corrected chi connectivity index (χ0v) is 21.7. The quantitative estimate of drug-likeness (QED) is 0.357. The Morgan fingerprint density at radius 1 is 1.27 bits per heavy atom. The van der Waals surface area contributed by atoms with Crippen molar-refractivity contribution in [2.24, 2.45) is 5.41 Å². The van der Waals surface area contributed by atoms with Crippen LogP contribution in [0, 0.1) is 12.3 Å². The summed E-state index contributed by atoms with van der Waals surface area (Å²) in [6.45, 7) is 2.26. The van der Waals surface area contributed by atoms with Crippen LogP contribution in [0.4, 0.5) is 0 Å². The highest BCUT2D eigenvalue weighted by molar-refractivity contribution is 7.76. The summed E-state index contributed by atoms with van der Waals surface area (Å²) in [5.41, 5.74) is 3.37. The fourth-order valence-corrected chi connectivity index (χ4v) is 5.40. The van der Waals surface area contributed by atoms with E-state index in [0.717, 1.165) is 29.5 Å². The van der Waals surface area contributed by atoms with Gasteiger partial charge in [0, 0.05) is 30.4 Å². The first-order valence-corrected chi connectivity index (χ1v) is 13.6. The summed E-state index contributed by atoms with van der Waals surface area (Å²) >= 11 is -2.50. The molecule has 0 bridgehead atoms. The fraction of sp³-hybridized carbons (Fsp3) is 0.444. The predicted octanol–water partition coefficient (Wildman–Crippen LogP) is 4.28. The third-order valence-corrected chi connectivity index (χ3v) is 8.22. The molecule has 0 saturated heterocycles. The molecule has 2 aliphatic carbocycles. The van der Waals surface area contributed by atoms with Crippen molar-refractivity contribution in [2.45, 2.75) is 57.9 Å². The van der Waals surface area contributed by atoms with Crippen LogP contribution in [0.15, 0.2) is 34.7 Å². The van der Waals surface area contributed by atoms with Gasteiger partial charge >= 0.3 is 5.97 Å². The van der Waals surface area contributed by atoms with Gasteiger partial charge in [-0.2, -0.15) is 0 Å². The van der Waals surface area contributed by atoms with Crippen molar-refractivity contribution in [1.82, 2.24) is 14.6 Å². The molecular formula is C27H30N3O6S-. The second-order valence-corrected chi connectivity index (χ2v) is 11.1. The van der Waals surface area contributed by atoms with Gasteiger partial charge in [-0.25, -0.2) is 9.29 Å². The molecule has 0 spiro atoms. The van der Waals surface area contributed by atoms with Crippen LogP contribution in [-0.2, 0) is 22.6 Å². The molecule has 0 radical (unpaired) electrons. The lowest BCUT2D eigenvalue weighted by Gasteiger charge is -2.25. The lowest BCUT2D eigenvalue weighted by Crippen LogP contribution is -2.28. The second-order valence-electron chi connectivity index (χ2n) is 10.2. The minimum absolute atomic E-state index is 0.0633. The van der Waals surface area contributed by atoms with Gasteiger partial charge in [0.05, 0.1) is 28.6 Å². The normalized spacial score (nSPS) is 17.2. The second kappa shape index (κ2) is 10.00. The van der Waals surface area contributed by atoms with Gasteiger partial charge in [-0.1, -0.05) is 29.8 Å². The summed E-state index contributed by atoms with van der Waals surface area (Å²) in [5.74, 6) is -0.404. The Kier molecular flexibility index (Phi) is 6.91. The number of pyridine rings is 1. The Morgan fingerprint density at radius 2 is 1.97 bits per heavy atom. The van der Waals surface area contributed by atoms with Crippen LogP contribution in [0.2, 0.25) is 0 Å². The van der Waals surface area contributed by atoms with Crippen molar-refractivity contribution in [1.29, 1.82) is 0 Å². The van der Waals surface area contributed by atoms with Gasteiger partial charge in [-0.05, 0) is 63.0 Å². The van der Waals surface area contributed by atoms with Crippen LogP contribution < -0.4 is 5.32 Å². The average molecular weight is 525 g/mol. The number of fused-ring (bicyclic) bond motifs is 1. The molecule has 2 aromatic heterocycles. The predicted molar refractivity (Wildman–Crippen MR) is 137 cm³/mol. The molecule has 1 unspecified atom stereocenters. The standard InChI is InChI=1S/C27H31N3O6S/c1-16-4-6-18(7-5-16)23-22(24(31)28-2)20-14-19(17-8-9-17)21(29-25(20)36-23)15-30(37(34)35)13-3-10-27(11-12-27)26(32)33/h4-7,14,17H,3,8-13,15H2,1-2H3,(H,28,31)(H,32,33)(H,34,35)/p-1. The first kappa shape index (κ1) is 25.6. The Balaban J connectivity index is 1.49. The topological polar surface area (TPSA) is 136 Å². The number of aromatic nitrogens is 1. The summed E-state index contributed by atoms with van der Waals surface area (Å²) < 4.78 is 31.6. The van der Waals surface area contributed by atoms with Crippen LogP contribution in [0.3, 0.4) is 0 Å². The van der Waals surface area contributed by atoms with Crippen molar-refractivity contribution in [3.63, 3.8) is 0 Å². The van der Waals surface area contributed by atoms with E-state index in [1.807, 2.05) is 37.3 Å². The van der Waals surface area contributed by atoms with Crippen LogP contribution in [0.1, 0.15) is 71.6 Å². The molecule has 2 aliphatic rings. The molecule has 9 nitrogen and oxygen atoms in total. The van der Waals surface area contributed by atoms with Crippen LogP contribution in [0.5, 0.6) is 0 Å². The molecule has 1 amide bonds. The highest BCUT2D eigenvalue weighted by atomic mass is 32.2. The monoisotopic (exact) mass is 524 g/mol. The van der Waals surface area contributed by atoms with E-state index in [-0.39, 0.29) is 30.6 Å². The first-order valence-electron chi connectivity index (χ1n) is 12.6. The Morgan fingerprint density at radius 3 is 2.54 bits per heavy atom. The molecule has 2 fully saturated rings. The highest BCUT2D eigenvalue weighted by Gasteiger charge is 2.49. The highest BCUT2D eigenvalue weighted by Crippen LogP contribution is 2.50. The van der Waals surface area contributed by atoms with Crippen LogP contribution >= 0.6 is 0 Å². The molecular weight excluding hydrogens is 494 g/mol. The van der Waals surface area contributed by atoms with Crippen LogP contribution in [-0.4, -0.2) is 48.6 Å². The number of hydrogen-bond donors (Lipinski definition) is 2. The number of carboxylic acid groups (broad SMARTS) is 1. The van der Waals surface area contributed by atoms with Crippen molar-refractivity contribution >= 4 is 34.2 Å². The number of amides is 1. The number of carbonyl (C=O) groups is 2. The lowest BCUT2D eigenvalue weighted by molar-refractivity contribution is -0.143. The molecule has 10 heteroatoms. The van der Waals surface area contributed by atoms with E-state index in [2.05, 4.69) is 5.32 Å². The first-order chi connectivity index (χ1) is 17.7. The molecule has 2 saturated carbocycles. The summed E-state index contributed by atoms with van der Waals surface area (Å²) in [7, 11) is 1.57. The van der Waals surface area contributed by atoms with Gasteiger partial charge < -0.3 is 19.4 Å². The van der Waals surface area contributed by atoms with Gasteiger partial charge in [0.25, 0.3) is 5.91 Å². The Bertz CT molecular complexity index is 1380. The van der Waals surface area contributed by atoms with E-state index in [1.54, 1.807) is 7.05 Å². The molecule has 1 aromatic carbocycles. The number of nitrogens with zero attached hydrogens (tertiary/aromatic N) is 2. The van der Waals surface area contributed by atoms with E-state index in [0.29, 0.717) is 48.1 Å². The molecule has 2 N–H and O–H groups in total. The molecule has 0 aliphatic heterocycles. The summed E-state index contributed by atoms with van der Waals surface area (Å²) in [6.07, 6.45) is 4.14. The number of aliphatic carboxylic acids is 1. The van der Waals surface area contributed by atoms with Gasteiger partial charge in [0.1, 0.15) is 5.76 Å². The maximum atomic E-state index is 12.9. The van der Waals surface area contributed by atoms with Crippen molar-refractivity contribution in [3.8, 4) is 11.3 Å². The van der Waals surface area contributed by atoms with E-state index in [9.17, 15) is 23.5 Å². The fourth-order valence-electron chi connectivity index (χ4n) is 4.90. The zero-order valence-electron chi connectivity index (χ0n) is 20.9. The third kappa shape index (κ3) is 5.18. The number of aryl methyl sites for hydroxylation is 1. The summed E-state index contributed by atoms with van der Waals surface area (Å²) in [5, 5.41) is 12.7. The maximum Gasteiger partial charge on any atom is 0.309 e. The minimum Gasteiger partial charge on any atom is -0.760 e. The minimum atomic E-state index is -2.50. The summed E-state index contributed by atoms with van der Waals surface area (Å²) in [4.78, 5) is 29.1. The largest absolute Gasteiger partial charge is 0.760 e. The number of carbonyl (C=O) groups excluding carboxylic acids is 1. The number of benzene rings is 1. The van der Waals surface area contributed by atoms with E-state index < -0.39 is 22.7 Å². The Hall–Kier alpha value is -3.08. The number of furan rings is 1. The molecule has 1 atom stereocenters. The molecule has 3 aromatic rings. The van der Waals surface area contributed by atoms with Crippen molar-refractivity contribution < 1.29 is 27.9 Å². The number of hydrogen-bond acceptors (Lipinski definition) is 6. The van der Waals surface area contributed by atoms with Crippen molar-refractivity contribution in [3.05, 3.63) is 52.7 Å². The molecule has 196 valence electrons. The van der Waals surface area contributed by atoms with E-state index in [4.69, 9.17) is 9.40 Å². The average Bonchev–Trinajstić information content (AvgIpc) is 3.80. The SMILES string of the molecule is CNC(=O)c1c(-c2ccc(C)cc2)oc2nc(CN(CCCC3(C(=O)O)CC3)S(=O)[O-])c(C3CC3)cc12. The maximum absolute atomic E-state index is 12.9. The number of nitrogens with one attached hydrogen (secondary N) is 1. The Labute approximate surface area is 217 Å². The summed E-state index contributed by atoms with van der Waals surface area (Å²) in [6, 6.07) is 9.61. The zero-order chi connectivity index (χ0) is 26.3. The number of carboxylic acids is 1. The van der Waals surface area contributed by atoms with Gasteiger partial charge in [0.15, 0.2) is 0 Å². The van der Waals surface area contributed by atoms with Crippen molar-refractivity contribution in [2.75, 3.05) is 13.6 Å². The molecule has 37 heavy (non-hydrogen) atoms. The number of rotatable bonds is 11. The van der Waals surface area contributed by atoms with Gasteiger partial charge in [0.2, 0.25) is 5.71 Å². The molecule has 5 rings (SSSR count). The lowest BCUT2D eigenvalue weighted by atomic mass is 10.0. The molecule has 2 heterocycles. The smallest absolute Gasteiger partial charge is 0.309 e. The van der Waals surface area contributed by atoms with Gasteiger partial charge in [-0.3, -0.25) is 13.8 Å². The van der Waals surface area contributed by atoms with Gasteiger partial charge in [-0.15, -0.1) is 0 Å². The third-order valence-electron chi connectivity index (χ3n) is 7.49. The van der Waals surface area contributed by atoms with Crippen LogP contribution in [0.25, 0.3) is 22.4 Å². The van der Waals surface area contributed by atoms with E-state index in [1.165, 1.54) is 4.31 Å².